The van der Waals surface area contributed by atoms with E-state index in [1.165, 1.54) is 0 Å². The van der Waals surface area contributed by atoms with E-state index in [0.29, 0.717) is 0 Å². The topological polar surface area (TPSA) is 125 Å². The molecule has 0 aliphatic rings. The van der Waals surface area contributed by atoms with Gasteiger partial charge in [0.25, 0.3) is 0 Å². The van der Waals surface area contributed by atoms with Gasteiger partial charge in [0.2, 0.25) is 0 Å². The first kappa shape index (κ1) is 30.8. The first-order chi connectivity index (χ1) is 15.8. The Kier molecular flexibility index (Phi) is 18.1. The summed E-state index contributed by atoms with van der Waals surface area (Å²) in [7, 11) is 0. The van der Waals surface area contributed by atoms with Crippen LogP contribution in [0.3, 0.4) is 0 Å². The maximum Gasteiger partial charge on any atom is 0.344 e. The molecule has 3 unspecified atom stereocenters. The van der Waals surface area contributed by atoms with E-state index in [1.807, 2.05) is 13.8 Å². The Morgan fingerprint density at radius 3 is 1.55 bits per heavy atom. The van der Waals surface area contributed by atoms with Crippen LogP contribution in [0.2, 0.25) is 0 Å². The quantitative estimate of drug-likeness (QED) is 0.221. The summed E-state index contributed by atoms with van der Waals surface area (Å²) in [5.41, 5.74) is 0. The van der Waals surface area contributed by atoms with Crippen LogP contribution in [0.4, 0.5) is 0 Å². The van der Waals surface area contributed by atoms with E-state index < -0.39 is 49.6 Å². The molecule has 0 aromatic carbocycles. The molecule has 0 fully saturated rings. The van der Waals surface area contributed by atoms with Crippen LogP contribution in [0, 0.1) is 11.8 Å². The van der Waals surface area contributed by atoms with E-state index >= 15 is 0 Å². The summed E-state index contributed by atoms with van der Waals surface area (Å²) < 4.78 is 19.6. The van der Waals surface area contributed by atoms with Crippen LogP contribution in [-0.2, 0) is 38.1 Å². The maximum atomic E-state index is 11.8. The van der Waals surface area contributed by atoms with Gasteiger partial charge in [-0.1, -0.05) is 66.2 Å². The third kappa shape index (κ3) is 16.2. The molecule has 1 N–H and O–H groups in total. The molecule has 0 heterocycles. The zero-order valence-corrected chi connectivity index (χ0v) is 20.6. The van der Waals surface area contributed by atoms with Gasteiger partial charge in [-0.25, -0.2) is 14.4 Å². The van der Waals surface area contributed by atoms with Crippen LogP contribution in [0.5, 0.6) is 0 Å². The molecule has 0 aliphatic carbocycles. The molecule has 0 bridgehead atoms. The largest absolute Gasteiger partial charge is 0.463 e. The highest BCUT2D eigenvalue weighted by molar-refractivity contribution is 5.84. The van der Waals surface area contributed by atoms with Gasteiger partial charge in [0.15, 0.2) is 19.3 Å². The number of ether oxygens (including phenoxy) is 4. The molecule has 9 heteroatoms. The molecule has 0 amide bonds. The van der Waals surface area contributed by atoms with Crippen LogP contribution in [0.1, 0.15) is 85.5 Å². The molecule has 0 aromatic rings. The van der Waals surface area contributed by atoms with Crippen molar-refractivity contribution < 1.29 is 43.2 Å². The summed E-state index contributed by atoms with van der Waals surface area (Å²) in [6, 6.07) is 0. The predicted octanol–water partition coefficient (Wildman–Crippen LogP) is 3.34. The molecule has 192 valence electrons. The molecular weight excluding hydrogens is 432 g/mol. The summed E-state index contributed by atoms with van der Waals surface area (Å²) in [4.78, 5) is 47.0. The summed E-state index contributed by atoms with van der Waals surface area (Å²) in [6.07, 6.45) is 5.36. The number of unbranched alkanes of at least 4 members (excludes halogenated alkanes) is 2. The standard InChI is InChI=1S/C24H42O9/c1-5-9-11-18(7-3)14-30-22(27)16-32-21(26)13-20(25)24(29)33-17-23(28)31-15-19(8-4)12-10-6-2/h18-20,25H,5-17H2,1-4H3. The van der Waals surface area contributed by atoms with E-state index in [-0.39, 0.29) is 25.0 Å². The van der Waals surface area contributed by atoms with Crippen molar-refractivity contribution in [2.75, 3.05) is 26.4 Å². The van der Waals surface area contributed by atoms with Gasteiger partial charge >= 0.3 is 23.9 Å². The number of hydrogen-bond acceptors (Lipinski definition) is 9. The lowest BCUT2D eigenvalue weighted by atomic mass is 10.0. The molecule has 33 heavy (non-hydrogen) atoms. The van der Waals surface area contributed by atoms with Crippen LogP contribution in [-0.4, -0.2) is 61.5 Å². The summed E-state index contributed by atoms with van der Waals surface area (Å²) in [5.74, 6) is -3.01. The SMILES string of the molecule is CCCCC(CC)COC(=O)COC(=O)CC(O)C(=O)OCC(=O)OCC(CC)CCCC. The number of carbonyl (C=O) groups excluding carboxylic acids is 4. The van der Waals surface area contributed by atoms with Crippen molar-refractivity contribution in [3.63, 3.8) is 0 Å². The highest BCUT2D eigenvalue weighted by Crippen LogP contribution is 2.14. The van der Waals surface area contributed by atoms with Crippen LogP contribution >= 0.6 is 0 Å². The number of esters is 4. The second kappa shape index (κ2) is 19.3. The van der Waals surface area contributed by atoms with E-state index in [0.717, 1.165) is 51.4 Å². The summed E-state index contributed by atoms with van der Waals surface area (Å²) in [6.45, 7) is 7.45. The second-order valence-electron chi connectivity index (χ2n) is 8.19. The molecular formula is C24H42O9. The van der Waals surface area contributed by atoms with Crippen LogP contribution < -0.4 is 0 Å². The smallest absolute Gasteiger partial charge is 0.344 e. The van der Waals surface area contributed by atoms with Crippen molar-refractivity contribution in [3.8, 4) is 0 Å². The Morgan fingerprint density at radius 1 is 0.667 bits per heavy atom. The number of carbonyl (C=O) groups is 4. The lowest BCUT2D eigenvalue weighted by Gasteiger charge is -2.15. The highest BCUT2D eigenvalue weighted by Gasteiger charge is 2.23. The lowest BCUT2D eigenvalue weighted by molar-refractivity contribution is -0.168. The van der Waals surface area contributed by atoms with Gasteiger partial charge in [0, 0.05) is 0 Å². The third-order valence-electron chi connectivity index (χ3n) is 5.36. The number of aliphatic hydroxyl groups excluding tert-OH is 1. The van der Waals surface area contributed by atoms with Gasteiger partial charge in [0.1, 0.15) is 0 Å². The van der Waals surface area contributed by atoms with Gasteiger partial charge in [0.05, 0.1) is 19.6 Å². The van der Waals surface area contributed by atoms with E-state index in [1.54, 1.807) is 0 Å². The molecule has 0 spiro atoms. The van der Waals surface area contributed by atoms with Gasteiger partial charge in [-0.15, -0.1) is 0 Å². The Bertz CT molecular complexity index is 576. The van der Waals surface area contributed by atoms with Gasteiger partial charge in [-0.2, -0.15) is 0 Å². The van der Waals surface area contributed by atoms with E-state index in [2.05, 4.69) is 18.6 Å². The maximum absolute atomic E-state index is 11.8. The van der Waals surface area contributed by atoms with Crippen molar-refractivity contribution >= 4 is 23.9 Å². The second-order valence-corrected chi connectivity index (χ2v) is 8.19. The van der Waals surface area contributed by atoms with E-state index in [4.69, 9.17) is 14.2 Å². The molecule has 0 aliphatic heterocycles. The molecule has 0 radical (unpaired) electrons. The summed E-state index contributed by atoms with van der Waals surface area (Å²) >= 11 is 0. The number of hydrogen-bond donors (Lipinski definition) is 1. The molecule has 3 atom stereocenters. The van der Waals surface area contributed by atoms with E-state index in [9.17, 15) is 24.3 Å². The third-order valence-corrected chi connectivity index (χ3v) is 5.36. The first-order valence-corrected chi connectivity index (χ1v) is 12.1. The fraction of sp³-hybridized carbons (Fsp3) is 0.833. The predicted molar refractivity (Wildman–Crippen MR) is 121 cm³/mol. The molecule has 0 saturated heterocycles. The number of rotatable bonds is 19. The fourth-order valence-electron chi connectivity index (χ4n) is 2.97. The number of aliphatic hydroxyl groups is 1. The van der Waals surface area contributed by atoms with Crippen molar-refractivity contribution in [2.24, 2.45) is 11.8 Å². The van der Waals surface area contributed by atoms with Crippen LogP contribution in [0.15, 0.2) is 0 Å². The minimum atomic E-state index is -1.81. The Labute approximate surface area is 197 Å². The molecule has 9 nitrogen and oxygen atoms in total. The van der Waals surface area contributed by atoms with Crippen molar-refractivity contribution in [1.82, 2.24) is 0 Å². The van der Waals surface area contributed by atoms with Gasteiger partial charge < -0.3 is 24.1 Å². The Balaban J connectivity index is 4.11. The molecule has 0 rings (SSSR count). The Morgan fingerprint density at radius 2 is 1.12 bits per heavy atom. The van der Waals surface area contributed by atoms with Gasteiger partial charge in [-0.05, 0) is 24.7 Å². The average molecular weight is 475 g/mol. The Hall–Kier alpha value is -2.16. The molecule has 0 saturated carbocycles. The first-order valence-electron chi connectivity index (χ1n) is 12.1. The average Bonchev–Trinajstić information content (AvgIpc) is 2.81. The molecule has 0 aromatic heterocycles. The lowest BCUT2D eigenvalue weighted by Crippen LogP contribution is -2.30. The normalized spacial score (nSPS) is 13.5. The van der Waals surface area contributed by atoms with Crippen molar-refractivity contribution in [2.45, 2.75) is 91.6 Å². The van der Waals surface area contributed by atoms with Crippen molar-refractivity contribution in [3.05, 3.63) is 0 Å². The summed E-state index contributed by atoms with van der Waals surface area (Å²) in [5, 5.41) is 9.77. The minimum absolute atomic E-state index is 0.246. The zero-order chi connectivity index (χ0) is 25.1. The monoisotopic (exact) mass is 474 g/mol. The van der Waals surface area contributed by atoms with Crippen LogP contribution in [0.25, 0.3) is 0 Å². The zero-order valence-electron chi connectivity index (χ0n) is 20.6. The van der Waals surface area contributed by atoms with Gasteiger partial charge in [-0.3, -0.25) is 4.79 Å². The fourth-order valence-corrected chi connectivity index (χ4v) is 2.97. The highest BCUT2D eigenvalue weighted by atomic mass is 16.6. The minimum Gasteiger partial charge on any atom is -0.463 e. The van der Waals surface area contributed by atoms with Crippen molar-refractivity contribution in [1.29, 1.82) is 0 Å².